The molecule has 1 aliphatic rings. The molecule has 2 aromatic rings. The summed E-state index contributed by atoms with van der Waals surface area (Å²) in [6, 6.07) is 17.4. The van der Waals surface area contributed by atoms with Gasteiger partial charge < -0.3 is 9.64 Å². The van der Waals surface area contributed by atoms with Crippen LogP contribution in [0.15, 0.2) is 54.6 Å². The average Bonchev–Trinajstić information content (AvgIpc) is 2.62. The van der Waals surface area contributed by atoms with E-state index in [0.29, 0.717) is 31.0 Å². The third-order valence-electron chi connectivity index (χ3n) is 4.07. The van der Waals surface area contributed by atoms with Crippen LogP contribution in [0.3, 0.4) is 0 Å². The van der Waals surface area contributed by atoms with Gasteiger partial charge in [0.05, 0.1) is 13.2 Å². The van der Waals surface area contributed by atoms with Crippen molar-refractivity contribution >= 4 is 16.7 Å². The molecule has 0 bridgehead atoms. The smallest absolute Gasteiger partial charge is 0.254 e. The molecule has 0 aliphatic carbocycles. The van der Waals surface area contributed by atoms with Gasteiger partial charge in [0.1, 0.15) is 6.10 Å². The molecule has 2 unspecified atom stereocenters. The van der Waals surface area contributed by atoms with Crippen molar-refractivity contribution in [3.05, 3.63) is 71.3 Å². The number of ether oxygens (including phenoxy) is 1. The second-order valence-electron chi connectivity index (χ2n) is 5.94. The highest BCUT2D eigenvalue weighted by atomic mass is 32.2. The van der Waals surface area contributed by atoms with Crippen molar-refractivity contribution in [1.29, 1.82) is 0 Å². The van der Waals surface area contributed by atoms with Crippen LogP contribution in [0.1, 0.15) is 27.6 Å². The van der Waals surface area contributed by atoms with Gasteiger partial charge in [-0.2, -0.15) is 0 Å². The molecule has 5 heteroatoms. The summed E-state index contributed by atoms with van der Waals surface area (Å²) in [4.78, 5) is 14.6. The average molecular weight is 343 g/mol. The molecule has 1 aliphatic heterocycles. The normalized spacial score (nSPS) is 19.0. The van der Waals surface area contributed by atoms with E-state index in [0.717, 1.165) is 11.1 Å². The first-order valence-corrected chi connectivity index (χ1v) is 9.71. The van der Waals surface area contributed by atoms with Crippen LogP contribution >= 0.6 is 0 Å². The van der Waals surface area contributed by atoms with E-state index in [1.165, 1.54) is 0 Å². The van der Waals surface area contributed by atoms with Crippen LogP contribution in [0.25, 0.3) is 0 Å². The SMILES string of the molecule is CS(=O)Cc1cccc(C(=O)N2CCOC(c3ccccc3)C2)c1. The lowest BCUT2D eigenvalue weighted by atomic mass is 10.1. The van der Waals surface area contributed by atoms with E-state index in [1.54, 1.807) is 6.26 Å². The molecule has 3 rings (SSSR count). The molecule has 0 N–H and O–H groups in total. The number of hydrogen-bond donors (Lipinski definition) is 0. The van der Waals surface area contributed by atoms with E-state index in [9.17, 15) is 9.00 Å². The molecule has 126 valence electrons. The summed E-state index contributed by atoms with van der Waals surface area (Å²) >= 11 is 0. The predicted molar refractivity (Wildman–Crippen MR) is 95.3 cm³/mol. The molecular weight excluding hydrogens is 322 g/mol. The third kappa shape index (κ3) is 4.10. The lowest BCUT2D eigenvalue weighted by molar-refractivity contribution is -0.0228. The number of rotatable bonds is 4. The highest BCUT2D eigenvalue weighted by molar-refractivity contribution is 7.83. The van der Waals surface area contributed by atoms with Crippen LogP contribution in [0.5, 0.6) is 0 Å². The predicted octanol–water partition coefficient (Wildman–Crippen LogP) is 2.78. The topological polar surface area (TPSA) is 46.6 Å². The standard InChI is InChI=1S/C19H21NO3S/c1-24(22)14-15-6-5-9-17(12-15)19(21)20-10-11-23-18(13-20)16-7-3-2-4-8-16/h2-9,12,18H,10-11,13-14H2,1H3. The van der Waals surface area contributed by atoms with Crippen molar-refractivity contribution < 1.29 is 13.7 Å². The molecule has 1 heterocycles. The van der Waals surface area contributed by atoms with E-state index in [-0.39, 0.29) is 12.0 Å². The zero-order valence-corrected chi connectivity index (χ0v) is 14.5. The first-order valence-electron chi connectivity index (χ1n) is 7.98. The van der Waals surface area contributed by atoms with Crippen molar-refractivity contribution in [1.82, 2.24) is 4.90 Å². The van der Waals surface area contributed by atoms with Gasteiger partial charge in [-0.1, -0.05) is 42.5 Å². The van der Waals surface area contributed by atoms with E-state index in [4.69, 9.17) is 4.74 Å². The van der Waals surface area contributed by atoms with Gasteiger partial charge in [0.25, 0.3) is 5.91 Å². The van der Waals surface area contributed by atoms with E-state index >= 15 is 0 Å². The summed E-state index contributed by atoms with van der Waals surface area (Å²) in [6.07, 6.45) is 1.58. The summed E-state index contributed by atoms with van der Waals surface area (Å²) < 4.78 is 17.2. The van der Waals surface area contributed by atoms with E-state index in [1.807, 2.05) is 59.5 Å². The Kier molecular flexibility index (Phi) is 5.43. The molecule has 0 radical (unpaired) electrons. The van der Waals surface area contributed by atoms with Crippen LogP contribution in [0.2, 0.25) is 0 Å². The van der Waals surface area contributed by atoms with Crippen LogP contribution in [-0.2, 0) is 21.3 Å². The Morgan fingerprint density at radius 2 is 2.00 bits per heavy atom. The Morgan fingerprint density at radius 1 is 1.21 bits per heavy atom. The number of hydrogen-bond acceptors (Lipinski definition) is 3. The highest BCUT2D eigenvalue weighted by Gasteiger charge is 2.26. The maximum absolute atomic E-state index is 12.8. The largest absolute Gasteiger partial charge is 0.370 e. The fourth-order valence-corrected chi connectivity index (χ4v) is 3.56. The molecule has 1 amide bonds. The molecule has 1 saturated heterocycles. The molecule has 2 aromatic carbocycles. The van der Waals surface area contributed by atoms with Crippen LogP contribution < -0.4 is 0 Å². The summed E-state index contributed by atoms with van der Waals surface area (Å²) in [6.45, 7) is 1.67. The summed E-state index contributed by atoms with van der Waals surface area (Å²) in [5.74, 6) is 0.472. The number of benzene rings is 2. The van der Waals surface area contributed by atoms with Gasteiger partial charge in [-0.15, -0.1) is 0 Å². The fourth-order valence-electron chi connectivity index (χ4n) is 2.91. The Hall–Kier alpha value is -1.98. The van der Waals surface area contributed by atoms with Crippen molar-refractivity contribution in [2.45, 2.75) is 11.9 Å². The fraction of sp³-hybridized carbons (Fsp3) is 0.316. The minimum Gasteiger partial charge on any atom is -0.370 e. The lowest BCUT2D eigenvalue weighted by Crippen LogP contribution is -2.42. The van der Waals surface area contributed by atoms with E-state index in [2.05, 4.69) is 0 Å². The monoisotopic (exact) mass is 343 g/mol. The molecule has 0 aromatic heterocycles. The van der Waals surface area contributed by atoms with Crippen molar-refractivity contribution in [3.8, 4) is 0 Å². The van der Waals surface area contributed by atoms with Crippen molar-refractivity contribution in [3.63, 3.8) is 0 Å². The summed E-state index contributed by atoms with van der Waals surface area (Å²) in [5, 5.41) is 0. The maximum atomic E-state index is 12.8. The molecule has 0 saturated carbocycles. The highest BCUT2D eigenvalue weighted by Crippen LogP contribution is 2.23. The van der Waals surface area contributed by atoms with Gasteiger partial charge in [-0.25, -0.2) is 0 Å². The first-order chi connectivity index (χ1) is 11.6. The first kappa shape index (κ1) is 16.9. The van der Waals surface area contributed by atoms with Gasteiger partial charge in [-0.05, 0) is 23.3 Å². The number of carbonyl (C=O) groups excluding carboxylic acids is 1. The molecule has 24 heavy (non-hydrogen) atoms. The molecule has 1 fully saturated rings. The van der Waals surface area contributed by atoms with Crippen LogP contribution in [0.4, 0.5) is 0 Å². The minimum absolute atomic E-state index is 0.00275. The number of carbonyl (C=O) groups is 1. The van der Waals surface area contributed by atoms with Gasteiger partial charge in [0.15, 0.2) is 0 Å². The Morgan fingerprint density at radius 3 is 2.75 bits per heavy atom. The second-order valence-corrected chi connectivity index (χ2v) is 7.37. The molecule has 2 atom stereocenters. The molecule has 0 spiro atoms. The van der Waals surface area contributed by atoms with Gasteiger partial charge in [0.2, 0.25) is 0 Å². The van der Waals surface area contributed by atoms with Gasteiger partial charge >= 0.3 is 0 Å². The zero-order chi connectivity index (χ0) is 16.9. The Labute approximate surface area is 144 Å². The van der Waals surface area contributed by atoms with Crippen LogP contribution in [0, 0.1) is 0 Å². The molecular formula is C19H21NO3S. The van der Waals surface area contributed by atoms with Gasteiger partial charge in [-0.3, -0.25) is 9.00 Å². The van der Waals surface area contributed by atoms with Crippen molar-refractivity contribution in [2.75, 3.05) is 26.0 Å². The second kappa shape index (κ2) is 7.73. The lowest BCUT2D eigenvalue weighted by Gasteiger charge is -2.33. The summed E-state index contributed by atoms with van der Waals surface area (Å²) in [7, 11) is -0.918. The summed E-state index contributed by atoms with van der Waals surface area (Å²) in [5.41, 5.74) is 2.66. The maximum Gasteiger partial charge on any atom is 0.254 e. The Bertz CT molecular complexity index is 732. The van der Waals surface area contributed by atoms with Gasteiger partial charge in [0, 0.05) is 34.9 Å². The van der Waals surface area contributed by atoms with Crippen LogP contribution in [-0.4, -0.2) is 41.0 Å². The quantitative estimate of drug-likeness (QED) is 0.858. The zero-order valence-electron chi connectivity index (χ0n) is 13.7. The van der Waals surface area contributed by atoms with Crippen molar-refractivity contribution in [2.24, 2.45) is 0 Å². The Balaban J connectivity index is 1.74. The number of morpholine rings is 1. The van der Waals surface area contributed by atoms with E-state index < -0.39 is 10.8 Å². The third-order valence-corrected chi connectivity index (χ3v) is 4.81. The number of amides is 1. The number of nitrogens with zero attached hydrogens (tertiary/aromatic N) is 1. The minimum atomic E-state index is -0.918. The molecule has 4 nitrogen and oxygen atoms in total.